The molecule has 1 unspecified atom stereocenters. The summed E-state index contributed by atoms with van der Waals surface area (Å²) in [5.74, 6) is 1.05. The SMILES string of the molecule is CCC(CSC)Nc1ccc(Cl)cc1C(N)=S. The Hall–Kier alpha value is -0.450. The lowest BCUT2D eigenvalue weighted by molar-refractivity contribution is 0.775. The number of hydrogen-bond acceptors (Lipinski definition) is 3. The Labute approximate surface area is 117 Å². The first-order valence-corrected chi connectivity index (χ1v) is 7.61. The zero-order valence-electron chi connectivity index (χ0n) is 10.00. The lowest BCUT2D eigenvalue weighted by atomic mass is 10.1. The molecule has 0 aliphatic rings. The first kappa shape index (κ1) is 14.6. The molecule has 3 N–H and O–H groups in total. The van der Waals surface area contributed by atoms with Gasteiger partial charge in [-0.25, -0.2) is 0 Å². The lowest BCUT2D eigenvalue weighted by Gasteiger charge is -2.19. The maximum Gasteiger partial charge on any atom is 0.106 e. The van der Waals surface area contributed by atoms with Gasteiger partial charge in [0.25, 0.3) is 0 Å². The van der Waals surface area contributed by atoms with Crippen LogP contribution >= 0.6 is 35.6 Å². The molecule has 1 aromatic rings. The molecule has 0 saturated heterocycles. The fourth-order valence-corrected chi connectivity index (χ4v) is 2.59. The van der Waals surface area contributed by atoms with Gasteiger partial charge in [0.05, 0.1) is 0 Å². The summed E-state index contributed by atoms with van der Waals surface area (Å²) in [6, 6.07) is 5.99. The second-order valence-electron chi connectivity index (χ2n) is 3.76. The van der Waals surface area contributed by atoms with Gasteiger partial charge in [0.2, 0.25) is 0 Å². The molecule has 1 atom stereocenters. The Kier molecular flexibility index (Phi) is 6.09. The van der Waals surface area contributed by atoms with Crippen LogP contribution in [0.4, 0.5) is 5.69 Å². The van der Waals surface area contributed by atoms with Crippen molar-refractivity contribution in [1.29, 1.82) is 0 Å². The molecule has 17 heavy (non-hydrogen) atoms. The zero-order valence-corrected chi connectivity index (χ0v) is 12.4. The third-order valence-electron chi connectivity index (χ3n) is 2.47. The molecular weight excluding hydrogens is 272 g/mol. The molecular formula is C12H17ClN2S2. The van der Waals surface area contributed by atoms with Crippen LogP contribution in [0.25, 0.3) is 0 Å². The molecule has 2 nitrogen and oxygen atoms in total. The van der Waals surface area contributed by atoms with Gasteiger partial charge < -0.3 is 11.1 Å². The Morgan fingerprint density at radius 2 is 2.29 bits per heavy atom. The van der Waals surface area contributed by atoms with Gasteiger partial charge in [-0.05, 0) is 30.9 Å². The van der Waals surface area contributed by atoms with E-state index < -0.39 is 0 Å². The predicted molar refractivity (Wildman–Crippen MR) is 83.4 cm³/mol. The molecule has 0 heterocycles. The van der Waals surface area contributed by atoms with Gasteiger partial charge in [-0.2, -0.15) is 11.8 Å². The number of benzene rings is 1. The lowest BCUT2D eigenvalue weighted by Crippen LogP contribution is -2.23. The highest BCUT2D eigenvalue weighted by molar-refractivity contribution is 7.98. The standard InChI is InChI=1S/C12H17ClN2S2/c1-3-9(7-17-2)15-11-5-4-8(13)6-10(11)12(14)16/h4-6,9,15H,3,7H2,1-2H3,(H2,14,16). The first-order chi connectivity index (χ1) is 8.08. The Morgan fingerprint density at radius 1 is 1.59 bits per heavy atom. The topological polar surface area (TPSA) is 38.0 Å². The summed E-state index contributed by atoms with van der Waals surface area (Å²) >= 11 is 12.8. The molecule has 1 aromatic carbocycles. The van der Waals surface area contributed by atoms with E-state index in [1.807, 2.05) is 23.9 Å². The van der Waals surface area contributed by atoms with Crippen LogP contribution < -0.4 is 11.1 Å². The number of nitrogens with two attached hydrogens (primary N) is 1. The molecule has 0 aliphatic heterocycles. The quantitative estimate of drug-likeness (QED) is 0.786. The molecule has 0 saturated carbocycles. The van der Waals surface area contributed by atoms with E-state index in [1.54, 1.807) is 6.07 Å². The normalized spacial score (nSPS) is 12.2. The third kappa shape index (κ3) is 4.37. The summed E-state index contributed by atoms with van der Waals surface area (Å²) in [6.45, 7) is 2.16. The van der Waals surface area contributed by atoms with E-state index in [1.165, 1.54) is 0 Å². The Bertz CT molecular complexity index is 396. The molecule has 0 radical (unpaired) electrons. The molecule has 0 spiro atoms. The highest BCUT2D eigenvalue weighted by Gasteiger charge is 2.10. The summed E-state index contributed by atoms with van der Waals surface area (Å²) < 4.78 is 0. The monoisotopic (exact) mass is 288 g/mol. The van der Waals surface area contributed by atoms with E-state index in [-0.39, 0.29) is 0 Å². The van der Waals surface area contributed by atoms with Crippen LogP contribution in [0.1, 0.15) is 18.9 Å². The van der Waals surface area contributed by atoms with Crippen molar-refractivity contribution >= 4 is 46.3 Å². The van der Waals surface area contributed by atoms with Gasteiger partial charge in [0.1, 0.15) is 4.99 Å². The van der Waals surface area contributed by atoms with Crippen LogP contribution in [0.15, 0.2) is 18.2 Å². The number of thioether (sulfide) groups is 1. The molecule has 0 fully saturated rings. The Balaban J connectivity index is 2.92. The van der Waals surface area contributed by atoms with Gasteiger partial charge in [-0.3, -0.25) is 0 Å². The van der Waals surface area contributed by atoms with Crippen molar-refractivity contribution in [2.75, 3.05) is 17.3 Å². The van der Waals surface area contributed by atoms with Crippen molar-refractivity contribution in [3.8, 4) is 0 Å². The molecule has 0 amide bonds. The molecule has 1 rings (SSSR count). The summed E-state index contributed by atoms with van der Waals surface area (Å²) in [5, 5.41) is 4.11. The molecule has 0 bridgehead atoms. The van der Waals surface area contributed by atoms with Crippen LogP contribution in [0, 0.1) is 0 Å². The first-order valence-electron chi connectivity index (χ1n) is 5.43. The minimum atomic E-state index is 0.369. The smallest absolute Gasteiger partial charge is 0.106 e. The second-order valence-corrected chi connectivity index (χ2v) is 5.55. The Morgan fingerprint density at radius 3 is 2.82 bits per heavy atom. The van der Waals surface area contributed by atoms with E-state index in [4.69, 9.17) is 29.6 Å². The number of hydrogen-bond donors (Lipinski definition) is 2. The summed E-state index contributed by atoms with van der Waals surface area (Å²) in [5.41, 5.74) is 7.48. The maximum absolute atomic E-state index is 5.95. The van der Waals surface area contributed by atoms with E-state index in [0.717, 1.165) is 23.4 Å². The third-order valence-corrected chi connectivity index (χ3v) is 3.66. The van der Waals surface area contributed by atoms with Gasteiger partial charge in [-0.15, -0.1) is 0 Å². The largest absolute Gasteiger partial charge is 0.389 e. The maximum atomic E-state index is 5.95. The van der Waals surface area contributed by atoms with Crippen molar-refractivity contribution in [3.05, 3.63) is 28.8 Å². The van der Waals surface area contributed by atoms with Crippen LogP contribution in [0.5, 0.6) is 0 Å². The van der Waals surface area contributed by atoms with Crippen molar-refractivity contribution in [1.82, 2.24) is 0 Å². The van der Waals surface area contributed by atoms with E-state index in [9.17, 15) is 0 Å². The van der Waals surface area contributed by atoms with Crippen molar-refractivity contribution in [2.24, 2.45) is 5.73 Å². The summed E-state index contributed by atoms with van der Waals surface area (Å²) in [4.78, 5) is 0.369. The fourth-order valence-electron chi connectivity index (χ4n) is 1.53. The van der Waals surface area contributed by atoms with E-state index in [0.29, 0.717) is 16.1 Å². The molecule has 5 heteroatoms. The zero-order chi connectivity index (χ0) is 12.8. The number of halogens is 1. The van der Waals surface area contributed by atoms with Crippen molar-refractivity contribution in [3.63, 3.8) is 0 Å². The number of anilines is 1. The van der Waals surface area contributed by atoms with Crippen LogP contribution in [0.3, 0.4) is 0 Å². The van der Waals surface area contributed by atoms with Crippen LogP contribution in [-0.2, 0) is 0 Å². The predicted octanol–water partition coefficient (Wildman–Crippen LogP) is 3.53. The minimum Gasteiger partial charge on any atom is -0.389 e. The molecule has 0 aromatic heterocycles. The van der Waals surface area contributed by atoms with E-state index >= 15 is 0 Å². The van der Waals surface area contributed by atoms with E-state index in [2.05, 4.69) is 18.5 Å². The fraction of sp³-hybridized carbons (Fsp3) is 0.417. The highest BCUT2D eigenvalue weighted by Crippen LogP contribution is 2.22. The number of nitrogens with one attached hydrogen (secondary N) is 1. The van der Waals surface area contributed by atoms with Gasteiger partial charge >= 0.3 is 0 Å². The average Bonchev–Trinajstić information content (AvgIpc) is 2.30. The molecule has 94 valence electrons. The average molecular weight is 289 g/mol. The van der Waals surface area contributed by atoms with Gasteiger partial charge in [0, 0.05) is 28.1 Å². The summed E-state index contributed by atoms with van der Waals surface area (Å²) in [7, 11) is 0. The molecule has 0 aliphatic carbocycles. The van der Waals surface area contributed by atoms with Crippen LogP contribution in [0.2, 0.25) is 5.02 Å². The van der Waals surface area contributed by atoms with Gasteiger partial charge in [-0.1, -0.05) is 30.7 Å². The minimum absolute atomic E-state index is 0.369. The highest BCUT2D eigenvalue weighted by atomic mass is 35.5. The van der Waals surface area contributed by atoms with Crippen molar-refractivity contribution < 1.29 is 0 Å². The number of thiocarbonyl (C=S) groups is 1. The van der Waals surface area contributed by atoms with Gasteiger partial charge in [0.15, 0.2) is 0 Å². The van der Waals surface area contributed by atoms with Crippen LogP contribution in [-0.4, -0.2) is 23.0 Å². The second kappa shape index (κ2) is 7.09. The summed E-state index contributed by atoms with van der Waals surface area (Å²) in [6.07, 6.45) is 3.15. The van der Waals surface area contributed by atoms with Crippen molar-refractivity contribution in [2.45, 2.75) is 19.4 Å². The number of rotatable bonds is 6.